The van der Waals surface area contributed by atoms with Gasteiger partial charge in [-0.3, -0.25) is 14.8 Å². The van der Waals surface area contributed by atoms with E-state index < -0.39 is 0 Å². The minimum absolute atomic E-state index is 0.0893. The van der Waals surface area contributed by atoms with Crippen molar-refractivity contribution < 1.29 is 4.79 Å². The second-order valence-corrected chi connectivity index (χ2v) is 5.64. The van der Waals surface area contributed by atoms with Gasteiger partial charge in [-0.15, -0.1) is 0 Å². The summed E-state index contributed by atoms with van der Waals surface area (Å²) in [4.78, 5) is 27.2. The van der Waals surface area contributed by atoms with Crippen molar-refractivity contribution in [3.63, 3.8) is 0 Å². The van der Waals surface area contributed by atoms with Gasteiger partial charge < -0.3 is 10.2 Å². The van der Waals surface area contributed by atoms with Crippen LogP contribution in [0.3, 0.4) is 0 Å². The minimum atomic E-state index is -0.0893. The lowest BCUT2D eigenvalue weighted by Gasteiger charge is -2.28. The van der Waals surface area contributed by atoms with Crippen LogP contribution in [0.15, 0.2) is 34.1 Å². The van der Waals surface area contributed by atoms with Gasteiger partial charge in [0, 0.05) is 19.0 Å². The third kappa shape index (κ3) is 3.47. The van der Waals surface area contributed by atoms with Crippen LogP contribution in [0.25, 0.3) is 0 Å². The molecule has 0 saturated heterocycles. The van der Waals surface area contributed by atoms with E-state index in [9.17, 15) is 4.79 Å². The van der Waals surface area contributed by atoms with E-state index in [-0.39, 0.29) is 5.91 Å². The Labute approximate surface area is 136 Å². The summed E-state index contributed by atoms with van der Waals surface area (Å²) in [5, 5.41) is 2.94. The molecule has 1 N–H and O–H groups in total. The van der Waals surface area contributed by atoms with Gasteiger partial charge in [0.15, 0.2) is 5.82 Å². The number of carbonyl (C=O) groups is 1. The predicted octanol–water partition coefficient (Wildman–Crippen LogP) is 2.84. The molecule has 3 rings (SSSR count). The number of aliphatic imine (C=N–C) groups is 2. The third-order valence-electron chi connectivity index (χ3n) is 3.91. The number of pyridine rings is 1. The molecular weight excluding hydrogens is 290 g/mol. The Bertz CT molecular complexity index is 678. The summed E-state index contributed by atoms with van der Waals surface area (Å²) in [6, 6.07) is 1.79. The van der Waals surface area contributed by atoms with Crippen LogP contribution in [-0.4, -0.2) is 36.4 Å². The first-order valence-electron chi connectivity index (χ1n) is 8.11. The van der Waals surface area contributed by atoms with E-state index in [0.29, 0.717) is 18.7 Å². The topological polar surface area (TPSA) is 70.0 Å². The third-order valence-corrected chi connectivity index (χ3v) is 3.91. The maximum absolute atomic E-state index is 12.2. The Morgan fingerprint density at radius 1 is 1.35 bits per heavy atom. The summed E-state index contributed by atoms with van der Waals surface area (Å²) in [5.41, 5.74) is 2.19. The normalized spacial score (nSPS) is 15.0. The molecule has 0 radical (unpaired) electrons. The van der Waals surface area contributed by atoms with Gasteiger partial charge in [-0.25, -0.2) is 4.98 Å². The number of unbranched alkanes of at least 4 members (excludes halogenated alkanes) is 3. The summed E-state index contributed by atoms with van der Waals surface area (Å²) >= 11 is 0. The van der Waals surface area contributed by atoms with Gasteiger partial charge in [-0.05, 0) is 12.5 Å². The van der Waals surface area contributed by atoms with Crippen LogP contribution < -0.4 is 10.2 Å². The van der Waals surface area contributed by atoms with Crippen molar-refractivity contribution in [3.8, 4) is 0 Å². The van der Waals surface area contributed by atoms with Crippen molar-refractivity contribution in [2.45, 2.75) is 32.6 Å². The number of carbonyl (C=O) groups excluding carboxylic acids is 1. The number of amides is 1. The van der Waals surface area contributed by atoms with Crippen LogP contribution in [-0.2, 0) is 0 Å². The molecule has 1 aromatic rings. The fourth-order valence-corrected chi connectivity index (χ4v) is 2.61. The highest BCUT2D eigenvalue weighted by Crippen LogP contribution is 2.33. The Morgan fingerprint density at radius 3 is 3.13 bits per heavy atom. The van der Waals surface area contributed by atoms with Crippen molar-refractivity contribution in [1.29, 1.82) is 0 Å². The molecule has 1 aromatic heterocycles. The number of aromatic nitrogens is 1. The van der Waals surface area contributed by atoms with Gasteiger partial charge in [-0.2, -0.15) is 0 Å². The molecule has 0 bridgehead atoms. The summed E-state index contributed by atoms with van der Waals surface area (Å²) in [5.74, 6) is 0.679. The number of rotatable bonds is 6. The molecule has 6 nitrogen and oxygen atoms in total. The molecule has 23 heavy (non-hydrogen) atoms. The molecule has 0 aliphatic carbocycles. The number of hydrogen-bond acceptors (Lipinski definition) is 5. The highest BCUT2D eigenvalue weighted by Gasteiger charge is 2.22. The number of allylic oxidation sites excluding steroid dienone is 1. The first-order valence-corrected chi connectivity index (χ1v) is 8.11. The zero-order valence-electron chi connectivity index (χ0n) is 13.3. The van der Waals surface area contributed by atoms with Gasteiger partial charge >= 0.3 is 0 Å². The first kappa shape index (κ1) is 15.4. The Balaban J connectivity index is 1.66. The van der Waals surface area contributed by atoms with Crippen LogP contribution in [0.4, 0.5) is 11.5 Å². The maximum Gasteiger partial charge on any atom is 0.252 e. The van der Waals surface area contributed by atoms with Crippen LogP contribution in [0.1, 0.15) is 43.0 Å². The largest absolute Gasteiger partial charge is 0.352 e. The molecule has 0 saturated carbocycles. The summed E-state index contributed by atoms with van der Waals surface area (Å²) < 4.78 is 0. The monoisotopic (exact) mass is 311 g/mol. The lowest BCUT2D eigenvalue weighted by Crippen LogP contribution is -2.30. The fraction of sp³-hybridized carbons (Fsp3) is 0.412. The van der Waals surface area contributed by atoms with Crippen LogP contribution in [0.5, 0.6) is 0 Å². The standard InChI is InChI=1S/C17H21N5O/c1-2-3-4-5-6-19-17(23)13-9-15-16(21-10-13)22-8-7-18-11-14(22)12-20-15/h7,9-12H,2-6,8H2,1H3,(H,19,23). The summed E-state index contributed by atoms with van der Waals surface area (Å²) in [6.45, 7) is 3.54. The maximum atomic E-state index is 12.2. The highest BCUT2D eigenvalue weighted by atomic mass is 16.1. The van der Waals surface area contributed by atoms with Gasteiger partial charge in [-0.1, -0.05) is 26.2 Å². The van der Waals surface area contributed by atoms with E-state index in [4.69, 9.17) is 0 Å². The average molecular weight is 311 g/mol. The molecule has 0 fully saturated rings. The van der Waals surface area contributed by atoms with E-state index in [1.165, 1.54) is 12.8 Å². The van der Waals surface area contributed by atoms with Crippen LogP contribution in [0, 0.1) is 0 Å². The smallest absolute Gasteiger partial charge is 0.252 e. The number of nitrogens with zero attached hydrogens (tertiary/aromatic N) is 4. The van der Waals surface area contributed by atoms with Crippen molar-refractivity contribution in [2.24, 2.45) is 9.98 Å². The zero-order valence-corrected chi connectivity index (χ0v) is 13.3. The minimum Gasteiger partial charge on any atom is -0.352 e. The molecule has 2 aliphatic heterocycles. The second kappa shape index (κ2) is 7.17. The summed E-state index contributed by atoms with van der Waals surface area (Å²) in [7, 11) is 0. The van der Waals surface area contributed by atoms with Gasteiger partial charge in [0.1, 0.15) is 5.69 Å². The van der Waals surface area contributed by atoms with Crippen molar-refractivity contribution in [1.82, 2.24) is 10.3 Å². The van der Waals surface area contributed by atoms with E-state index in [1.807, 2.05) is 11.1 Å². The summed E-state index contributed by atoms with van der Waals surface area (Å²) in [6.07, 6.45) is 11.5. The van der Waals surface area contributed by atoms with Crippen LogP contribution >= 0.6 is 0 Å². The molecule has 6 heteroatoms. The Hall–Kier alpha value is -2.50. The molecule has 3 heterocycles. The van der Waals surface area contributed by atoms with Gasteiger partial charge in [0.05, 0.1) is 30.2 Å². The number of fused-ring (bicyclic) bond motifs is 3. The van der Waals surface area contributed by atoms with Crippen LogP contribution in [0.2, 0.25) is 0 Å². The first-order chi connectivity index (χ1) is 11.3. The van der Waals surface area contributed by atoms with Crippen molar-refractivity contribution >= 4 is 29.8 Å². The molecule has 0 atom stereocenters. The molecule has 0 aromatic carbocycles. The Morgan fingerprint density at radius 2 is 2.26 bits per heavy atom. The second-order valence-electron chi connectivity index (χ2n) is 5.64. The lowest BCUT2D eigenvalue weighted by atomic mass is 10.2. The molecule has 0 spiro atoms. The number of anilines is 1. The van der Waals surface area contributed by atoms with E-state index in [0.717, 1.165) is 30.0 Å². The number of nitrogens with one attached hydrogen (secondary N) is 1. The van der Waals surface area contributed by atoms with Gasteiger partial charge in [0.25, 0.3) is 5.91 Å². The lowest BCUT2D eigenvalue weighted by molar-refractivity contribution is 0.0952. The van der Waals surface area contributed by atoms with Crippen molar-refractivity contribution in [2.75, 3.05) is 18.0 Å². The highest BCUT2D eigenvalue weighted by molar-refractivity contribution is 5.99. The molecule has 1 amide bonds. The predicted molar refractivity (Wildman–Crippen MR) is 92.8 cm³/mol. The van der Waals surface area contributed by atoms with Gasteiger partial charge in [0.2, 0.25) is 0 Å². The SMILES string of the molecule is CCCCCCNC(=O)c1cnc2c(c1)N=CC1=CN=CCN12. The molecule has 2 aliphatic rings. The van der Waals surface area contributed by atoms with Crippen molar-refractivity contribution in [3.05, 3.63) is 29.7 Å². The number of hydrogen-bond donors (Lipinski definition) is 1. The van der Waals surface area contributed by atoms with E-state index in [2.05, 4.69) is 27.2 Å². The zero-order chi connectivity index (χ0) is 16.1. The molecular formula is C17H21N5O. The molecule has 120 valence electrons. The molecule has 0 unspecified atom stereocenters. The average Bonchev–Trinajstić information content (AvgIpc) is 2.60. The quantitative estimate of drug-likeness (QED) is 0.821. The van der Waals surface area contributed by atoms with E-state index >= 15 is 0 Å². The Kier molecular flexibility index (Phi) is 4.80. The fourth-order valence-electron chi connectivity index (χ4n) is 2.61. The van der Waals surface area contributed by atoms with E-state index in [1.54, 1.807) is 24.7 Å².